The molecule has 0 fully saturated rings. The van der Waals surface area contributed by atoms with Crippen LogP contribution < -0.4 is 14.8 Å². The predicted octanol–water partition coefficient (Wildman–Crippen LogP) is 1.76. The Kier molecular flexibility index (Phi) is 7.82. The molecule has 0 bridgehead atoms. The van der Waals surface area contributed by atoms with E-state index in [1.165, 1.54) is 0 Å². The van der Waals surface area contributed by atoms with Crippen LogP contribution in [0.4, 0.5) is 0 Å². The van der Waals surface area contributed by atoms with Crippen LogP contribution >= 0.6 is 11.6 Å². The van der Waals surface area contributed by atoms with Gasteiger partial charge in [-0.2, -0.15) is 0 Å². The van der Waals surface area contributed by atoms with Gasteiger partial charge in [-0.1, -0.05) is 11.6 Å². The number of halogens is 1. The highest BCUT2D eigenvalue weighted by molar-refractivity contribution is 6.31. The van der Waals surface area contributed by atoms with Crippen molar-refractivity contribution in [2.75, 3.05) is 40.9 Å². The third-order valence-electron chi connectivity index (χ3n) is 2.97. The van der Waals surface area contributed by atoms with Gasteiger partial charge in [0.05, 0.1) is 13.7 Å². The minimum absolute atomic E-state index is 0.0609. The lowest BCUT2D eigenvalue weighted by atomic mass is 10.2. The van der Waals surface area contributed by atoms with E-state index in [1.54, 1.807) is 20.1 Å². The van der Waals surface area contributed by atoms with E-state index >= 15 is 0 Å². The van der Waals surface area contributed by atoms with E-state index in [0.717, 1.165) is 18.7 Å². The number of rotatable bonds is 9. The molecule has 0 unspecified atom stereocenters. The lowest BCUT2D eigenvalue weighted by Gasteiger charge is -2.17. The maximum atomic E-state index is 9.06. The molecule has 0 radical (unpaired) electrons. The number of benzene rings is 1. The number of hydrogen-bond donors (Lipinski definition) is 2. The summed E-state index contributed by atoms with van der Waals surface area (Å²) in [5, 5.41) is 13.0. The summed E-state index contributed by atoms with van der Waals surface area (Å²) in [6, 6.07) is 3.60. The number of hydrogen-bond acceptors (Lipinski definition) is 5. The molecule has 2 N–H and O–H groups in total. The summed E-state index contributed by atoms with van der Waals surface area (Å²) >= 11 is 6.28. The van der Waals surface area contributed by atoms with Crippen LogP contribution in [0, 0.1) is 0 Å². The van der Waals surface area contributed by atoms with Gasteiger partial charge in [0.1, 0.15) is 6.10 Å². The predicted molar refractivity (Wildman–Crippen MR) is 85.4 cm³/mol. The summed E-state index contributed by atoms with van der Waals surface area (Å²) < 4.78 is 10.9. The van der Waals surface area contributed by atoms with Gasteiger partial charge >= 0.3 is 0 Å². The lowest BCUT2D eigenvalue weighted by Crippen LogP contribution is -2.26. The monoisotopic (exact) mass is 316 g/mol. The summed E-state index contributed by atoms with van der Waals surface area (Å²) in [4.78, 5) is 2.11. The van der Waals surface area contributed by atoms with Gasteiger partial charge < -0.3 is 24.8 Å². The van der Waals surface area contributed by atoms with E-state index in [1.807, 2.05) is 20.2 Å². The van der Waals surface area contributed by atoms with Crippen molar-refractivity contribution in [3.63, 3.8) is 0 Å². The van der Waals surface area contributed by atoms with Crippen molar-refractivity contribution in [3.05, 3.63) is 22.7 Å². The molecule has 0 aromatic heterocycles. The van der Waals surface area contributed by atoms with Gasteiger partial charge in [0.15, 0.2) is 11.5 Å². The SMILES string of the molecule is COc1cc(CNCCN(C)C)c(Cl)cc1O[C@@H](C)CO. The fourth-order valence-corrected chi connectivity index (χ4v) is 1.96. The molecule has 0 saturated heterocycles. The molecule has 1 rings (SSSR count). The van der Waals surface area contributed by atoms with Gasteiger partial charge in [0.2, 0.25) is 0 Å². The molecular formula is C15H25ClN2O3. The molecule has 1 aromatic rings. The zero-order chi connectivity index (χ0) is 15.8. The van der Waals surface area contributed by atoms with E-state index < -0.39 is 0 Å². The van der Waals surface area contributed by atoms with E-state index in [0.29, 0.717) is 23.1 Å². The van der Waals surface area contributed by atoms with Gasteiger partial charge in [0.25, 0.3) is 0 Å². The molecule has 5 nitrogen and oxygen atoms in total. The first-order valence-electron chi connectivity index (χ1n) is 6.97. The number of nitrogens with zero attached hydrogens (tertiary/aromatic N) is 1. The molecular weight excluding hydrogens is 292 g/mol. The van der Waals surface area contributed by atoms with Crippen LogP contribution in [-0.4, -0.2) is 57.0 Å². The van der Waals surface area contributed by atoms with Gasteiger partial charge in [-0.25, -0.2) is 0 Å². The topological polar surface area (TPSA) is 54.0 Å². The first-order valence-corrected chi connectivity index (χ1v) is 7.35. The Hall–Kier alpha value is -1.01. The zero-order valence-corrected chi connectivity index (χ0v) is 13.9. The summed E-state index contributed by atoms with van der Waals surface area (Å²) in [6.45, 7) is 4.23. The Balaban J connectivity index is 2.73. The molecule has 0 heterocycles. The molecule has 0 spiro atoms. The standard InChI is InChI=1S/C15H25ClN2O3/c1-11(10-19)21-15-8-13(16)12(7-14(15)20-4)9-17-5-6-18(2)3/h7-8,11,17,19H,5-6,9-10H2,1-4H3/t11-/m0/s1. The van der Waals surface area contributed by atoms with Crippen molar-refractivity contribution < 1.29 is 14.6 Å². The molecule has 6 heteroatoms. The fraction of sp³-hybridized carbons (Fsp3) is 0.600. The Morgan fingerprint density at radius 1 is 1.33 bits per heavy atom. The molecule has 21 heavy (non-hydrogen) atoms. The second kappa shape index (κ2) is 9.10. The van der Waals surface area contributed by atoms with Crippen molar-refractivity contribution >= 4 is 11.6 Å². The van der Waals surface area contributed by atoms with Crippen LogP contribution in [-0.2, 0) is 6.54 Å². The minimum atomic E-state index is -0.306. The molecule has 120 valence electrons. The summed E-state index contributed by atoms with van der Waals surface area (Å²) in [5.74, 6) is 1.16. The quantitative estimate of drug-likeness (QED) is 0.680. The Labute approximate surface area is 131 Å². The first-order chi connectivity index (χ1) is 9.97. The highest BCUT2D eigenvalue weighted by Crippen LogP contribution is 2.34. The van der Waals surface area contributed by atoms with Crippen LogP contribution in [0.3, 0.4) is 0 Å². The fourth-order valence-electron chi connectivity index (χ4n) is 1.74. The largest absolute Gasteiger partial charge is 0.493 e. The normalized spacial score (nSPS) is 12.5. The highest BCUT2D eigenvalue weighted by atomic mass is 35.5. The second-order valence-corrected chi connectivity index (χ2v) is 5.59. The number of ether oxygens (including phenoxy) is 2. The average molecular weight is 317 g/mol. The van der Waals surface area contributed by atoms with E-state index in [4.69, 9.17) is 26.2 Å². The van der Waals surface area contributed by atoms with Gasteiger partial charge in [-0.3, -0.25) is 0 Å². The minimum Gasteiger partial charge on any atom is -0.493 e. The molecule has 0 aliphatic carbocycles. The Morgan fingerprint density at radius 2 is 2.05 bits per heavy atom. The highest BCUT2D eigenvalue weighted by Gasteiger charge is 2.13. The second-order valence-electron chi connectivity index (χ2n) is 5.19. The maximum Gasteiger partial charge on any atom is 0.163 e. The molecule has 0 saturated carbocycles. The van der Waals surface area contributed by atoms with Gasteiger partial charge in [-0.05, 0) is 32.6 Å². The number of nitrogens with one attached hydrogen (secondary N) is 1. The first kappa shape index (κ1) is 18.0. The van der Waals surface area contributed by atoms with Crippen LogP contribution in [0.1, 0.15) is 12.5 Å². The summed E-state index contributed by atoms with van der Waals surface area (Å²) in [7, 11) is 5.65. The Bertz CT molecular complexity index is 441. The number of aliphatic hydroxyl groups excluding tert-OH is 1. The van der Waals surface area contributed by atoms with Crippen LogP contribution in [0.2, 0.25) is 5.02 Å². The maximum absolute atomic E-state index is 9.06. The van der Waals surface area contributed by atoms with Crippen LogP contribution in [0.25, 0.3) is 0 Å². The molecule has 0 aliphatic heterocycles. The zero-order valence-electron chi connectivity index (χ0n) is 13.1. The van der Waals surface area contributed by atoms with E-state index in [-0.39, 0.29) is 12.7 Å². The van der Waals surface area contributed by atoms with Crippen molar-refractivity contribution in [1.82, 2.24) is 10.2 Å². The lowest BCUT2D eigenvalue weighted by molar-refractivity contribution is 0.126. The number of likely N-dealkylation sites (N-methyl/N-ethyl adjacent to an activating group) is 1. The van der Waals surface area contributed by atoms with Crippen molar-refractivity contribution in [3.8, 4) is 11.5 Å². The van der Waals surface area contributed by atoms with Crippen LogP contribution in [0.5, 0.6) is 11.5 Å². The molecule has 1 atom stereocenters. The summed E-state index contributed by atoms with van der Waals surface area (Å²) in [6.07, 6.45) is -0.306. The van der Waals surface area contributed by atoms with Crippen LogP contribution in [0.15, 0.2) is 12.1 Å². The number of aliphatic hydroxyl groups is 1. The molecule has 1 aromatic carbocycles. The third kappa shape index (κ3) is 6.09. The van der Waals surface area contributed by atoms with Crippen molar-refractivity contribution in [1.29, 1.82) is 0 Å². The average Bonchev–Trinajstić information content (AvgIpc) is 2.44. The summed E-state index contributed by atoms with van der Waals surface area (Å²) in [5.41, 5.74) is 0.955. The van der Waals surface area contributed by atoms with Crippen molar-refractivity contribution in [2.45, 2.75) is 19.6 Å². The molecule has 0 amide bonds. The van der Waals surface area contributed by atoms with Gasteiger partial charge in [0, 0.05) is 30.7 Å². The van der Waals surface area contributed by atoms with Crippen molar-refractivity contribution in [2.24, 2.45) is 0 Å². The Morgan fingerprint density at radius 3 is 2.62 bits per heavy atom. The number of methoxy groups -OCH3 is 1. The van der Waals surface area contributed by atoms with Gasteiger partial charge in [-0.15, -0.1) is 0 Å². The molecule has 0 aliphatic rings. The smallest absolute Gasteiger partial charge is 0.163 e. The van der Waals surface area contributed by atoms with E-state index in [9.17, 15) is 0 Å². The third-order valence-corrected chi connectivity index (χ3v) is 3.32. The van der Waals surface area contributed by atoms with E-state index in [2.05, 4.69) is 10.2 Å².